The van der Waals surface area contributed by atoms with E-state index in [0.717, 1.165) is 12.1 Å². The van der Waals surface area contributed by atoms with Gasteiger partial charge in [0.2, 0.25) is 5.78 Å². The molecular formula is C16H9FN2O4. The SMILES string of the molecule is O=C(O)c1ccc2nc(C(=O)c3ccc(F)cc3)c(=O)[nH]c2c1. The molecule has 0 aliphatic rings. The summed E-state index contributed by atoms with van der Waals surface area (Å²) in [6.45, 7) is 0. The predicted octanol–water partition coefficient (Wildman–Crippen LogP) is 1.99. The number of rotatable bonds is 3. The van der Waals surface area contributed by atoms with Gasteiger partial charge in [-0.3, -0.25) is 9.59 Å². The standard InChI is InChI=1S/C16H9FN2O4/c17-10-4-1-8(2-5-10)14(20)13-15(21)19-12-7-9(16(22)23)3-6-11(12)18-13/h1-7H,(H,19,21)(H,22,23). The van der Waals surface area contributed by atoms with Gasteiger partial charge in [0, 0.05) is 5.56 Å². The number of aromatic carboxylic acids is 1. The Morgan fingerprint density at radius 3 is 2.35 bits per heavy atom. The summed E-state index contributed by atoms with van der Waals surface area (Å²) in [6.07, 6.45) is 0. The van der Waals surface area contributed by atoms with Gasteiger partial charge in [-0.25, -0.2) is 14.2 Å². The molecule has 1 heterocycles. The minimum Gasteiger partial charge on any atom is -0.478 e. The van der Waals surface area contributed by atoms with Crippen LogP contribution in [-0.2, 0) is 0 Å². The van der Waals surface area contributed by atoms with Crippen LogP contribution in [0.15, 0.2) is 47.3 Å². The molecule has 0 radical (unpaired) electrons. The zero-order chi connectivity index (χ0) is 16.6. The van der Waals surface area contributed by atoms with Gasteiger partial charge in [0.25, 0.3) is 5.56 Å². The number of fused-ring (bicyclic) bond motifs is 1. The number of halogens is 1. The number of carboxylic acid groups (broad SMARTS) is 1. The number of aromatic amines is 1. The van der Waals surface area contributed by atoms with Crippen LogP contribution in [0, 0.1) is 5.82 Å². The van der Waals surface area contributed by atoms with Gasteiger partial charge in [-0.1, -0.05) is 0 Å². The molecule has 0 amide bonds. The Kier molecular flexibility index (Phi) is 3.46. The molecule has 2 aromatic carbocycles. The van der Waals surface area contributed by atoms with Crippen LogP contribution in [0.25, 0.3) is 11.0 Å². The molecule has 7 heteroatoms. The smallest absolute Gasteiger partial charge is 0.335 e. The number of ketones is 1. The summed E-state index contributed by atoms with van der Waals surface area (Å²) in [5, 5.41) is 8.93. The third-order valence-electron chi connectivity index (χ3n) is 3.26. The maximum absolute atomic E-state index is 12.9. The lowest BCUT2D eigenvalue weighted by Crippen LogP contribution is -2.21. The zero-order valence-electron chi connectivity index (χ0n) is 11.5. The lowest BCUT2D eigenvalue weighted by Gasteiger charge is -2.03. The first-order chi connectivity index (χ1) is 11.0. The molecule has 23 heavy (non-hydrogen) atoms. The van der Waals surface area contributed by atoms with Gasteiger partial charge >= 0.3 is 5.97 Å². The average Bonchev–Trinajstić information content (AvgIpc) is 2.53. The molecule has 1 aromatic heterocycles. The van der Waals surface area contributed by atoms with Crippen LogP contribution in [-0.4, -0.2) is 26.8 Å². The molecule has 0 saturated heterocycles. The van der Waals surface area contributed by atoms with Crippen molar-refractivity contribution >= 4 is 22.8 Å². The number of carbonyl (C=O) groups is 2. The number of nitrogens with zero attached hydrogens (tertiary/aromatic N) is 1. The molecule has 0 atom stereocenters. The molecule has 0 saturated carbocycles. The number of carboxylic acids is 1. The summed E-state index contributed by atoms with van der Waals surface area (Å²) >= 11 is 0. The molecule has 0 aliphatic carbocycles. The fourth-order valence-corrected chi connectivity index (χ4v) is 2.11. The van der Waals surface area contributed by atoms with Crippen molar-refractivity contribution in [1.29, 1.82) is 0 Å². The number of nitrogens with one attached hydrogen (secondary N) is 1. The quantitative estimate of drug-likeness (QED) is 0.720. The maximum Gasteiger partial charge on any atom is 0.335 e. The number of benzene rings is 2. The topological polar surface area (TPSA) is 100 Å². The number of aromatic nitrogens is 2. The second-order valence-electron chi connectivity index (χ2n) is 4.79. The molecular weight excluding hydrogens is 303 g/mol. The number of H-pyrrole nitrogens is 1. The third kappa shape index (κ3) is 2.71. The first-order valence-corrected chi connectivity index (χ1v) is 6.53. The largest absolute Gasteiger partial charge is 0.478 e. The van der Waals surface area contributed by atoms with Gasteiger partial charge in [0.05, 0.1) is 16.6 Å². The lowest BCUT2D eigenvalue weighted by molar-refractivity contribution is 0.0696. The summed E-state index contributed by atoms with van der Waals surface area (Å²) in [4.78, 5) is 41.7. The van der Waals surface area contributed by atoms with Crippen LogP contribution in [0.2, 0.25) is 0 Å². The van der Waals surface area contributed by atoms with Crippen molar-refractivity contribution in [3.8, 4) is 0 Å². The van der Waals surface area contributed by atoms with Gasteiger partial charge in [-0.05, 0) is 42.5 Å². The van der Waals surface area contributed by atoms with Crippen LogP contribution >= 0.6 is 0 Å². The van der Waals surface area contributed by atoms with Gasteiger partial charge < -0.3 is 10.1 Å². The van der Waals surface area contributed by atoms with Gasteiger partial charge in [0.15, 0.2) is 5.69 Å². The molecule has 0 bridgehead atoms. The highest BCUT2D eigenvalue weighted by molar-refractivity contribution is 6.08. The second-order valence-corrected chi connectivity index (χ2v) is 4.79. The molecule has 2 N–H and O–H groups in total. The highest BCUT2D eigenvalue weighted by atomic mass is 19.1. The van der Waals surface area contributed by atoms with Crippen LogP contribution in [0.4, 0.5) is 4.39 Å². The van der Waals surface area contributed by atoms with Gasteiger partial charge in [0.1, 0.15) is 5.82 Å². The van der Waals surface area contributed by atoms with E-state index in [0.29, 0.717) is 0 Å². The summed E-state index contributed by atoms with van der Waals surface area (Å²) in [5.74, 6) is -2.28. The first kappa shape index (κ1) is 14.6. The summed E-state index contributed by atoms with van der Waals surface area (Å²) in [5.41, 5.74) is -0.467. The Balaban J connectivity index is 2.11. The van der Waals surface area contributed by atoms with Crippen LogP contribution < -0.4 is 5.56 Å². The highest BCUT2D eigenvalue weighted by Gasteiger charge is 2.16. The van der Waals surface area contributed by atoms with E-state index in [1.165, 1.54) is 30.3 Å². The Morgan fingerprint density at radius 1 is 1.04 bits per heavy atom. The van der Waals surface area contributed by atoms with E-state index in [2.05, 4.69) is 9.97 Å². The second kappa shape index (κ2) is 5.45. The minimum atomic E-state index is -1.14. The van der Waals surface area contributed by atoms with Crippen molar-refractivity contribution in [3.63, 3.8) is 0 Å². The molecule has 114 valence electrons. The zero-order valence-corrected chi connectivity index (χ0v) is 11.5. The first-order valence-electron chi connectivity index (χ1n) is 6.53. The molecule has 3 aromatic rings. The molecule has 3 rings (SSSR count). The summed E-state index contributed by atoms with van der Waals surface area (Å²) < 4.78 is 12.9. The van der Waals surface area contributed by atoms with E-state index in [-0.39, 0.29) is 27.9 Å². The average molecular weight is 312 g/mol. The fourth-order valence-electron chi connectivity index (χ4n) is 2.11. The van der Waals surface area contributed by atoms with Gasteiger partial charge in [-0.15, -0.1) is 0 Å². The van der Waals surface area contributed by atoms with Crippen LogP contribution in [0.5, 0.6) is 0 Å². The number of carbonyl (C=O) groups excluding carboxylic acids is 1. The third-order valence-corrected chi connectivity index (χ3v) is 3.26. The van der Waals surface area contributed by atoms with Crippen molar-refractivity contribution in [2.24, 2.45) is 0 Å². The van der Waals surface area contributed by atoms with Crippen molar-refractivity contribution in [1.82, 2.24) is 9.97 Å². The Morgan fingerprint density at radius 2 is 1.70 bits per heavy atom. The molecule has 0 fully saturated rings. The molecule has 0 unspecified atom stereocenters. The minimum absolute atomic E-state index is 0.00689. The van der Waals surface area contributed by atoms with E-state index in [4.69, 9.17) is 5.11 Å². The maximum atomic E-state index is 12.9. The monoisotopic (exact) mass is 312 g/mol. The molecule has 6 nitrogen and oxygen atoms in total. The van der Waals surface area contributed by atoms with Crippen LogP contribution in [0.3, 0.4) is 0 Å². The Labute approximate surface area is 128 Å². The normalized spacial score (nSPS) is 10.7. The van der Waals surface area contributed by atoms with E-state index in [1.807, 2.05) is 0 Å². The lowest BCUT2D eigenvalue weighted by atomic mass is 10.1. The number of hydrogen-bond donors (Lipinski definition) is 2. The van der Waals surface area contributed by atoms with Crippen LogP contribution in [0.1, 0.15) is 26.4 Å². The Hall–Kier alpha value is -3.35. The van der Waals surface area contributed by atoms with Gasteiger partial charge in [-0.2, -0.15) is 0 Å². The molecule has 0 spiro atoms. The van der Waals surface area contributed by atoms with E-state index in [1.54, 1.807) is 0 Å². The van der Waals surface area contributed by atoms with E-state index >= 15 is 0 Å². The van der Waals surface area contributed by atoms with E-state index in [9.17, 15) is 18.8 Å². The Bertz CT molecular complexity index is 993. The van der Waals surface area contributed by atoms with Crippen molar-refractivity contribution in [2.75, 3.05) is 0 Å². The highest BCUT2D eigenvalue weighted by Crippen LogP contribution is 2.13. The fraction of sp³-hybridized carbons (Fsp3) is 0. The predicted molar refractivity (Wildman–Crippen MR) is 79.2 cm³/mol. The summed E-state index contributed by atoms with van der Waals surface area (Å²) in [7, 11) is 0. The van der Waals surface area contributed by atoms with Crippen molar-refractivity contribution in [3.05, 3.63) is 75.5 Å². The van der Waals surface area contributed by atoms with Crippen molar-refractivity contribution < 1.29 is 19.1 Å². The van der Waals surface area contributed by atoms with E-state index < -0.39 is 23.1 Å². The summed E-state index contributed by atoms with van der Waals surface area (Å²) in [6, 6.07) is 8.73. The van der Waals surface area contributed by atoms with Crippen molar-refractivity contribution in [2.45, 2.75) is 0 Å². The molecule has 0 aliphatic heterocycles. The number of hydrogen-bond acceptors (Lipinski definition) is 4.